The van der Waals surface area contributed by atoms with Crippen LogP contribution in [0.5, 0.6) is 6.01 Å². The normalized spacial score (nSPS) is 17.7. The Hall–Kier alpha value is -1.16. The molecular formula is C11H17N3O. The molecule has 0 spiro atoms. The molecule has 1 aromatic rings. The molecule has 1 N–H and O–H groups in total. The number of piperidine rings is 1. The van der Waals surface area contributed by atoms with Gasteiger partial charge in [-0.1, -0.05) is 6.92 Å². The molecule has 0 saturated carbocycles. The Morgan fingerprint density at radius 1 is 1.33 bits per heavy atom. The van der Waals surface area contributed by atoms with Gasteiger partial charge >= 0.3 is 6.01 Å². The zero-order valence-electron chi connectivity index (χ0n) is 9.07. The highest BCUT2D eigenvalue weighted by Gasteiger charge is 2.15. The zero-order valence-corrected chi connectivity index (χ0v) is 9.07. The van der Waals surface area contributed by atoms with Crippen molar-refractivity contribution in [2.45, 2.75) is 32.3 Å². The highest BCUT2D eigenvalue weighted by Crippen LogP contribution is 2.11. The summed E-state index contributed by atoms with van der Waals surface area (Å²) in [4.78, 5) is 8.38. The average molecular weight is 207 g/mol. The van der Waals surface area contributed by atoms with E-state index in [0.29, 0.717) is 6.01 Å². The highest BCUT2D eigenvalue weighted by molar-refractivity contribution is 5.07. The number of nitrogens with one attached hydrogen (secondary N) is 1. The third kappa shape index (κ3) is 2.89. The summed E-state index contributed by atoms with van der Waals surface area (Å²) in [6.07, 6.45) is 7.00. The lowest BCUT2D eigenvalue weighted by molar-refractivity contribution is 0.148. The monoisotopic (exact) mass is 207 g/mol. The Morgan fingerprint density at radius 2 is 2.00 bits per heavy atom. The van der Waals surface area contributed by atoms with Crippen molar-refractivity contribution in [2.24, 2.45) is 0 Å². The minimum Gasteiger partial charge on any atom is -0.460 e. The van der Waals surface area contributed by atoms with E-state index in [9.17, 15) is 0 Å². The minimum absolute atomic E-state index is 0.277. The summed E-state index contributed by atoms with van der Waals surface area (Å²) >= 11 is 0. The van der Waals surface area contributed by atoms with Crippen molar-refractivity contribution in [1.82, 2.24) is 15.3 Å². The SMILES string of the molecule is CCc1cnc(OC2CCNCC2)nc1. The summed E-state index contributed by atoms with van der Waals surface area (Å²) in [5.74, 6) is 0. The van der Waals surface area contributed by atoms with Crippen LogP contribution in [0.1, 0.15) is 25.3 Å². The van der Waals surface area contributed by atoms with Crippen LogP contribution in [0.25, 0.3) is 0 Å². The van der Waals surface area contributed by atoms with Crippen LogP contribution in [0.4, 0.5) is 0 Å². The van der Waals surface area contributed by atoms with Crippen LogP contribution in [-0.2, 0) is 6.42 Å². The summed E-state index contributed by atoms with van der Waals surface area (Å²) in [7, 11) is 0. The van der Waals surface area contributed by atoms with Crippen molar-refractivity contribution >= 4 is 0 Å². The molecule has 1 aliphatic rings. The Labute approximate surface area is 90.1 Å². The molecule has 1 aliphatic heterocycles. The molecule has 0 unspecified atom stereocenters. The first-order valence-corrected chi connectivity index (χ1v) is 5.57. The molecule has 2 rings (SSSR count). The summed E-state index contributed by atoms with van der Waals surface area (Å²) in [5.41, 5.74) is 1.15. The number of rotatable bonds is 3. The number of nitrogens with zero attached hydrogens (tertiary/aromatic N) is 2. The Balaban J connectivity index is 1.91. The molecule has 0 aliphatic carbocycles. The van der Waals surface area contributed by atoms with Crippen LogP contribution in [0.3, 0.4) is 0 Å². The van der Waals surface area contributed by atoms with E-state index < -0.39 is 0 Å². The molecule has 0 amide bonds. The maximum absolute atomic E-state index is 5.69. The van der Waals surface area contributed by atoms with Crippen LogP contribution in [0, 0.1) is 0 Å². The molecule has 82 valence electrons. The van der Waals surface area contributed by atoms with Crippen molar-refractivity contribution in [2.75, 3.05) is 13.1 Å². The molecule has 0 radical (unpaired) electrons. The molecule has 0 atom stereocenters. The second-order valence-electron chi connectivity index (χ2n) is 3.79. The van der Waals surface area contributed by atoms with Gasteiger partial charge in [-0.2, -0.15) is 0 Å². The largest absolute Gasteiger partial charge is 0.460 e. The molecule has 1 aromatic heterocycles. The van der Waals surface area contributed by atoms with E-state index in [2.05, 4.69) is 22.2 Å². The fraction of sp³-hybridized carbons (Fsp3) is 0.636. The highest BCUT2D eigenvalue weighted by atomic mass is 16.5. The number of hydrogen-bond acceptors (Lipinski definition) is 4. The van der Waals surface area contributed by atoms with E-state index in [0.717, 1.165) is 37.9 Å². The molecule has 1 fully saturated rings. The van der Waals surface area contributed by atoms with Gasteiger partial charge in [-0.25, -0.2) is 9.97 Å². The lowest BCUT2D eigenvalue weighted by Crippen LogP contribution is -2.34. The first-order valence-electron chi connectivity index (χ1n) is 5.57. The molecule has 0 aromatic carbocycles. The minimum atomic E-state index is 0.277. The maximum atomic E-state index is 5.69. The van der Waals surface area contributed by atoms with Gasteiger partial charge < -0.3 is 10.1 Å². The van der Waals surface area contributed by atoms with Crippen LogP contribution >= 0.6 is 0 Å². The van der Waals surface area contributed by atoms with E-state index in [1.54, 1.807) is 0 Å². The van der Waals surface area contributed by atoms with Gasteiger partial charge in [-0.15, -0.1) is 0 Å². The quantitative estimate of drug-likeness (QED) is 0.808. The predicted molar refractivity (Wildman–Crippen MR) is 57.9 cm³/mol. The lowest BCUT2D eigenvalue weighted by Gasteiger charge is -2.22. The Morgan fingerprint density at radius 3 is 2.60 bits per heavy atom. The Bertz CT molecular complexity index is 293. The van der Waals surface area contributed by atoms with E-state index >= 15 is 0 Å². The molecule has 4 heteroatoms. The fourth-order valence-corrected chi connectivity index (χ4v) is 1.65. The molecule has 0 bridgehead atoms. The smallest absolute Gasteiger partial charge is 0.316 e. The van der Waals surface area contributed by atoms with Gasteiger partial charge in [0.25, 0.3) is 0 Å². The van der Waals surface area contributed by atoms with Crippen molar-refractivity contribution in [3.8, 4) is 6.01 Å². The first-order chi connectivity index (χ1) is 7.38. The molecule has 15 heavy (non-hydrogen) atoms. The van der Waals surface area contributed by atoms with Crippen molar-refractivity contribution in [1.29, 1.82) is 0 Å². The van der Waals surface area contributed by atoms with Gasteiger partial charge in [0.2, 0.25) is 0 Å². The van der Waals surface area contributed by atoms with Crippen molar-refractivity contribution in [3.63, 3.8) is 0 Å². The lowest BCUT2D eigenvalue weighted by atomic mass is 10.1. The average Bonchev–Trinajstić information content (AvgIpc) is 2.31. The van der Waals surface area contributed by atoms with Crippen molar-refractivity contribution < 1.29 is 4.74 Å². The molecule has 2 heterocycles. The zero-order chi connectivity index (χ0) is 10.5. The fourth-order valence-electron chi connectivity index (χ4n) is 1.65. The van der Waals surface area contributed by atoms with Crippen LogP contribution < -0.4 is 10.1 Å². The third-order valence-corrected chi connectivity index (χ3v) is 2.65. The van der Waals surface area contributed by atoms with Gasteiger partial charge in [0.05, 0.1) is 0 Å². The van der Waals surface area contributed by atoms with E-state index in [1.165, 1.54) is 0 Å². The first kappa shape index (κ1) is 10.4. The second-order valence-corrected chi connectivity index (χ2v) is 3.79. The van der Waals surface area contributed by atoms with Gasteiger partial charge in [0.1, 0.15) is 6.10 Å². The van der Waals surface area contributed by atoms with Gasteiger partial charge in [-0.05, 0) is 37.9 Å². The number of aromatic nitrogens is 2. The van der Waals surface area contributed by atoms with Crippen LogP contribution in [-0.4, -0.2) is 29.2 Å². The van der Waals surface area contributed by atoms with E-state index in [-0.39, 0.29) is 6.10 Å². The number of hydrogen-bond donors (Lipinski definition) is 1. The van der Waals surface area contributed by atoms with Gasteiger partial charge in [-0.3, -0.25) is 0 Å². The van der Waals surface area contributed by atoms with Crippen LogP contribution in [0.2, 0.25) is 0 Å². The maximum Gasteiger partial charge on any atom is 0.316 e. The summed E-state index contributed by atoms with van der Waals surface area (Å²) in [6, 6.07) is 0.513. The van der Waals surface area contributed by atoms with Crippen LogP contribution in [0.15, 0.2) is 12.4 Å². The summed E-state index contributed by atoms with van der Waals surface area (Å²) in [6.45, 7) is 4.14. The molecule has 1 saturated heterocycles. The number of ether oxygens (including phenoxy) is 1. The van der Waals surface area contributed by atoms with E-state index in [4.69, 9.17) is 4.74 Å². The molecular weight excluding hydrogens is 190 g/mol. The third-order valence-electron chi connectivity index (χ3n) is 2.65. The summed E-state index contributed by atoms with van der Waals surface area (Å²) < 4.78 is 5.69. The number of aryl methyl sites for hydroxylation is 1. The second kappa shape index (κ2) is 5.07. The Kier molecular flexibility index (Phi) is 3.50. The topological polar surface area (TPSA) is 47.0 Å². The summed E-state index contributed by atoms with van der Waals surface area (Å²) in [5, 5.41) is 3.30. The van der Waals surface area contributed by atoms with Gasteiger partial charge in [0, 0.05) is 12.4 Å². The van der Waals surface area contributed by atoms with Crippen molar-refractivity contribution in [3.05, 3.63) is 18.0 Å². The standard InChI is InChI=1S/C11H17N3O/c1-2-9-7-13-11(14-8-9)15-10-3-5-12-6-4-10/h7-8,10,12H,2-6H2,1H3. The van der Waals surface area contributed by atoms with E-state index in [1.807, 2.05) is 12.4 Å². The predicted octanol–water partition coefficient (Wildman–Crippen LogP) is 1.17. The molecule has 4 nitrogen and oxygen atoms in total. The van der Waals surface area contributed by atoms with Gasteiger partial charge in [0.15, 0.2) is 0 Å².